The number of hydrogen-bond acceptors (Lipinski definition) is 3. The van der Waals surface area contributed by atoms with Crippen LogP contribution in [0.25, 0.3) is 0 Å². The fourth-order valence-corrected chi connectivity index (χ4v) is 3.90. The molecule has 0 radical (unpaired) electrons. The number of hydrogen-bond donors (Lipinski definition) is 0. The van der Waals surface area contributed by atoms with Crippen molar-refractivity contribution >= 4 is 0 Å². The van der Waals surface area contributed by atoms with E-state index in [9.17, 15) is 0 Å². The van der Waals surface area contributed by atoms with Crippen LogP contribution in [0.1, 0.15) is 63.1 Å². The third-order valence-corrected chi connectivity index (χ3v) is 5.62. The lowest BCUT2D eigenvalue weighted by molar-refractivity contribution is 0.0728. The number of ether oxygens (including phenoxy) is 1. The summed E-state index contributed by atoms with van der Waals surface area (Å²) >= 11 is 0. The Hall–Kier alpha value is -1.06. The molecule has 24 heavy (non-hydrogen) atoms. The summed E-state index contributed by atoms with van der Waals surface area (Å²) in [6.45, 7) is 16.7. The fourth-order valence-electron chi connectivity index (χ4n) is 3.90. The van der Waals surface area contributed by atoms with Gasteiger partial charge < -0.3 is 4.74 Å². The zero-order valence-electron chi connectivity index (χ0n) is 16.1. The van der Waals surface area contributed by atoms with Gasteiger partial charge in [0.2, 0.25) is 0 Å². The zero-order valence-corrected chi connectivity index (χ0v) is 16.1. The summed E-state index contributed by atoms with van der Waals surface area (Å²) in [7, 11) is 0. The highest BCUT2D eigenvalue weighted by Gasteiger charge is 2.34. The average molecular weight is 331 g/mol. The van der Waals surface area contributed by atoms with Gasteiger partial charge in [-0.2, -0.15) is 0 Å². The molecule has 134 valence electrons. The molecule has 3 nitrogen and oxygen atoms in total. The third kappa shape index (κ3) is 3.94. The van der Waals surface area contributed by atoms with E-state index < -0.39 is 0 Å². The summed E-state index contributed by atoms with van der Waals surface area (Å²) in [6, 6.07) is 6.19. The Morgan fingerprint density at radius 2 is 1.96 bits per heavy atom. The van der Waals surface area contributed by atoms with Gasteiger partial charge in [0.15, 0.2) is 0 Å². The molecule has 2 aliphatic rings. The second-order valence-corrected chi connectivity index (χ2v) is 7.95. The Kier molecular flexibility index (Phi) is 5.51. The van der Waals surface area contributed by atoms with Crippen LogP contribution in [0, 0.1) is 6.92 Å². The van der Waals surface area contributed by atoms with E-state index in [0.717, 1.165) is 24.9 Å². The molecule has 3 heteroatoms. The van der Waals surface area contributed by atoms with E-state index >= 15 is 0 Å². The third-order valence-electron chi connectivity index (χ3n) is 5.62. The first-order valence-corrected chi connectivity index (χ1v) is 9.73. The van der Waals surface area contributed by atoms with Crippen LogP contribution in [-0.4, -0.2) is 48.1 Å². The SMILES string of the molecule is CCOc1cc(C)c(CN2CCN(C3CC3)CC2C)cc1C(C)C. The lowest BCUT2D eigenvalue weighted by Gasteiger charge is -2.40. The molecule has 0 bridgehead atoms. The van der Waals surface area contributed by atoms with Crippen molar-refractivity contribution < 1.29 is 4.74 Å². The van der Waals surface area contributed by atoms with E-state index in [4.69, 9.17) is 4.74 Å². The molecule has 1 heterocycles. The van der Waals surface area contributed by atoms with Crippen molar-refractivity contribution in [1.82, 2.24) is 9.80 Å². The van der Waals surface area contributed by atoms with Crippen molar-refractivity contribution in [2.24, 2.45) is 0 Å². The fraction of sp³-hybridized carbons (Fsp3) is 0.714. The van der Waals surface area contributed by atoms with E-state index in [2.05, 4.69) is 56.6 Å². The molecule has 1 atom stereocenters. The molecule has 1 aliphatic carbocycles. The smallest absolute Gasteiger partial charge is 0.123 e. The first-order chi connectivity index (χ1) is 11.5. The molecule has 3 rings (SSSR count). The van der Waals surface area contributed by atoms with Crippen LogP contribution >= 0.6 is 0 Å². The summed E-state index contributed by atoms with van der Waals surface area (Å²) in [4.78, 5) is 5.36. The van der Waals surface area contributed by atoms with E-state index in [1.165, 1.54) is 49.2 Å². The second-order valence-electron chi connectivity index (χ2n) is 7.95. The molecule has 1 unspecified atom stereocenters. The predicted molar refractivity (Wildman–Crippen MR) is 101 cm³/mol. The Morgan fingerprint density at radius 1 is 1.21 bits per heavy atom. The number of benzene rings is 1. The molecule has 0 spiro atoms. The molecule has 1 aromatic carbocycles. The summed E-state index contributed by atoms with van der Waals surface area (Å²) < 4.78 is 5.87. The molecule has 2 fully saturated rings. The molecular weight excluding hydrogens is 296 g/mol. The standard InChI is InChI=1S/C21H34N2O/c1-6-24-21-11-16(4)18(12-20(21)15(2)3)14-22-9-10-23(13-17(22)5)19-7-8-19/h11-12,15,17,19H,6-10,13-14H2,1-5H3. The Bertz CT molecular complexity index is 565. The maximum Gasteiger partial charge on any atom is 0.123 e. The van der Waals surface area contributed by atoms with Gasteiger partial charge in [-0.25, -0.2) is 0 Å². The predicted octanol–water partition coefficient (Wildman–Crippen LogP) is 4.19. The number of piperazine rings is 1. The first-order valence-electron chi connectivity index (χ1n) is 9.73. The monoisotopic (exact) mass is 330 g/mol. The minimum Gasteiger partial charge on any atom is -0.494 e. The number of rotatable bonds is 6. The topological polar surface area (TPSA) is 15.7 Å². The van der Waals surface area contributed by atoms with Gasteiger partial charge in [-0.15, -0.1) is 0 Å². The second kappa shape index (κ2) is 7.45. The van der Waals surface area contributed by atoms with Gasteiger partial charge in [0, 0.05) is 38.3 Å². The minimum atomic E-state index is 0.495. The summed E-state index contributed by atoms with van der Waals surface area (Å²) in [5.41, 5.74) is 4.18. The summed E-state index contributed by atoms with van der Waals surface area (Å²) in [6.07, 6.45) is 2.84. The lowest BCUT2D eigenvalue weighted by Crippen LogP contribution is -2.52. The van der Waals surface area contributed by atoms with E-state index in [-0.39, 0.29) is 0 Å². The van der Waals surface area contributed by atoms with Gasteiger partial charge in [0.1, 0.15) is 5.75 Å². The van der Waals surface area contributed by atoms with E-state index in [1.54, 1.807) is 0 Å². The number of nitrogens with zero attached hydrogens (tertiary/aromatic N) is 2. The van der Waals surface area contributed by atoms with Gasteiger partial charge in [0.25, 0.3) is 0 Å². The maximum absolute atomic E-state index is 5.87. The van der Waals surface area contributed by atoms with Crippen molar-refractivity contribution in [2.45, 2.75) is 72.0 Å². The molecule has 1 aliphatic heterocycles. The molecule has 0 aromatic heterocycles. The van der Waals surface area contributed by atoms with Crippen LogP contribution in [0.5, 0.6) is 5.75 Å². The minimum absolute atomic E-state index is 0.495. The van der Waals surface area contributed by atoms with Gasteiger partial charge in [-0.1, -0.05) is 19.9 Å². The molecule has 0 amide bonds. The normalized spacial score (nSPS) is 23.0. The Balaban J connectivity index is 1.73. The molecule has 1 aromatic rings. The summed E-state index contributed by atoms with van der Waals surface area (Å²) in [5, 5.41) is 0. The van der Waals surface area contributed by atoms with Crippen LogP contribution < -0.4 is 4.74 Å². The molecule has 1 saturated heterocycles. The van der Waals surface area contributed by atoms with Crippen LogP contribution in [0.2, 0.25) is 0 Å². The van der Waals surface area contributed by atoms with Gasteiger partial charge >= 0.3 is 0 Å². The van der Waals surface area contributed by atoms with Crippen LogP contribution in [-0.2, 0) is 6.54 Å². The van der Waals surface area contributed by atoms with Crippen molar-refractivity contribution in [1.29, 1.82) is 0 Å². The van der Waals surface area contributed by atoms with Gasteiger partial charge in [-0.05, 0) is 62.3 Å². The quantitative estimate of drug-likeness (QED) is 0.778. The number of aryl methyl sites for hydroxylation is 1. The van der Waals surface area contributed by atoms with Crippen molar-refractivity contribution in [2.75, 3.05) is 26.2 Å². The highest BCUT2D eigenvalue weighted by atomic mass is 16.5. The molecular formula is C21H34N2O. The van der Waals surface area contributed by atoms with Crippen molar-refractivity contribution in [3.8, 4) is 5.75 Å². The molecule has 1 saturated carbocycles. The van der Waals surface area contributed by atoms with Crippen molar-refractivity contribution in [3.05, 3.63) is 28.8 Å². The van der Waals surface area contributed by atoms with Crippen LogP contribution in [0.3, 0.4) is 0 Å². The van der Waals surface area contributed by atoms with Crippen LogP contribution in [0.4, 0.5) is 0 Å². The largest absolute Gasteiger partial charge is 0.494 e. The maximum atomic E-state index is 5.87. The van der Waals surface area contributed by atoms with E-state index in [0.29, 0.717) is 12.0 Å². The highest BCUT2D eigenvalue weighted by Crippen LogP contribution is 2.32. The van der Waals surface area contributed by atoms with Crippen LogP contribution in [0.15, 0.2) is 12.1 Å². The first kappa shape index (κ1) is 17.8. The van der Waals surface area contributed by atoms with Crippen molar-refractivity contribution in [3.63, 3.8) is 0 Å². The Morgan fingerprint density at radius 3 is 2.54 bits per heavy atom. The lowest BCUT2D eigenvalue weighted by atomic mass is 9.95. The van der Waals surface area contributed by atoms with E-state index in [1.807, 2.05) is 0 Å². The highest BCUT2D eigenvalue weighted by molar-refractivity contribution is 5.44. The van der Waals surface area contributed by atoms with Gasteiger partial charge in [-0.3, -0.25) is 9.80 Å². The summed E-state index contributed by atoms with van der Waals surface area (Å²) in [5.74, 6) is 1.57. The average Bonchev–Trinajstić information content (AvgIpc) is 3.36. The zero-order chi connectivity index (χ0) is 17.3. The Labute approximate surface area is 148 Å². The molecule has 0 N–H and O–H groups in total. The van der Waals surface area contributed by atoms with Gasteiger partial charge in [0.05, 0.1) is 6.61 Å².